The SMILES string of the molecule is CC(C)(CNc1c(C#N)cnc2c(Cl)cc(NC(c3cn(C4(C(F)F)CC4)nn3)c3cccc4c(=O)[nH]ccc34)cc12)C(F)(F)F. The molecule has 1 saturated carbocycles. The van der Waals surface area contributed by atoms with E-state index in [0.717, 1.165) is 13.8 Å². The number of aromatic amines is 1. The number of hydrogen-bond acceptors (Lipinski definition) is 7. The first-order chi connectivity index (χ1) is 21.8. The number of nitrogens with one attached hydrogen (secondary N) is 3. The van der Waals surface area contributed by atoms with Crippen LogP contribution in [0.3, 0.4) is 0 Å². The molecule has 15 heteroatoms. The van der Waals surface area contributed by atoms with E-state index in [2.05, 4.69) is 30.9 Å². The topological polar surface area (TPSA) is 124 Å². The van der Waals surface area contributed by atoms with E-state index in [4.69, 9.17) is 11.6 Å². The van der Waals surface area contributed by atoms with Crippen molar-refractivity contribution in [1.82, 2.24) is 25.0 Å². The molecule has 3 N–H and O–H groups in total. The molecule has 46 heavy (non-hydrogen) atoms. The minimum Gasteiger partial charge on any atom is -0.382 e. The Morgan fingerprint density at radius 3 is 2.59 bits per heavy atom. The Labute approximate surface area is 263 Å². The van der Waals surface area contributed by atoms with Gasteiger partial charge in [0, 0.05) is 35.4 Å². The van der Waals surface area contributed by atoms with Crippen LogP contribution < -0.4 is 16.2 Å². The number of rotatable bonds is 9. The molecule has 0 radical (unpaired) electrons. The summed E-state index contributed by atoms with van der Waals surface area (Å²) >= 11 is 6.64. The van der Waals surface area contributed by atoms with Crippen molar-refractivity contribution in [3.05, 3.63) is 87.2 Å². The van der Waals surface area contributed by atoms with Crippen molar-refractivity contribution < 1.29 is 22.0 Å². The molecule has 5 aromatic rings. The van der Waals surface area contributed by atoms with E-state index in [1.165, 1.54) is 23.3 Å². The maximum atomic E-state index is 13.9. The molecule has 1 aliphatic carbocycles. The first-order valence-corrected chi connectivity index (χ1v) is 14.5. The maximum absolute atomic E-state index is 13.9. The molecule has 1 aliphatic rings. The summed E-state index contributed by atoms with van der Waals surface area (Å²) in [6.07, 6.45) is -2.54. The van der Waals surface area contributed by atoms with Gasteiger partial charge in [0.25, 0.3) is 12.0 Å². The second-order valence-electron chi connectivity index (χ2n) is 11.9. The molecule has 0 saturated heterocycles. The quantitative estimate of drug-likeness (QED) is 0.144. The fourth-order valence-corrected chi connectivity index (χ4v) is 5.57. The van der Waals surface area contributed by atoms with Gasteiger partial charge in [0.1, 0.15) is 17.3 Å². The Kier molecular flexibility index (Phi) is 7.63. The van der Waals surface area contributed by atoms with Gasteiger partial charge in [-0.05, 0) is 61.9 Å². The molecule has 0 spiro atoms. The summed E-state index contributed by atoms with van der Waals surface area (Å²) < 4.78 is 70.0. The first kappa shape index (κ1) is 31.2. The fourth-order valence-electron chi connectivity index (χ4n) is 5.30. The average Bonchev–Trinajstić information content (AvgIpc) is 3.68. The first-order valence-electron chi connectivity index (χ1n) is 14.2. The summed E-state index contributed by atoms with van der Waals surface area (Å²) in [7, 11) is 0. The standard InChI is InChI=1S/C31H26ClF5N8O/c1-29(2,31(35,36)37)15-41-24-16(12-38)13-40-25-21(24)10-17(11-22(25)32)42-26(19-4-3-5-20-18(19)6-9-39-27(20)46)23-14-45(44-43-23)30(7-8-30)28(33)34/h3-6,9-11,13-14,26,28,42H,7-8,15H2,1-2H3,(H,39,46)(H,40,41). The summed E-state index contributed by atoms with van der Waals surface area (Å²) in [4.78, 5) is 19.5. The molecule has 0 amide bonds. The maximum Gasteiger partial charge on any atom is 0.395 e. The van der Waals surface area contributed by atoms with E-state index in [0.29, 0.717) is 22.0 Å². The normalized spacial score (nSPS) is 15.2. The Morgan fingerprint density at radius 1 is 1.15 bits per heavy atom. The van der Waals surface area contributed by atoms with Crippen LogP contribution in [0.2, 0.25) is 5.02 Å². The predicted octanol–water partition coefficient (Wildman–Crippen LogP) is 7.15. The molecule has 1 fully saturated rings. The van der Waals surface area contributed by atoms with Crippen LogP contribution >= 0.6 is 11.6 Å². The highest BCUT2D eigenvalue weighted by atomic mass is 35.5. The molecular weight excluding hydrogens is 631 g/mol. The summed E-state index contributed by atoms with van der Waals surface area (Å²) in [5.41, 5.74) is -2.35. The summed E-state index contributed by atoms with van der Waals surface area (Å²) in [6.45, 7) is 1.55. The smallest absolute Gasteiger partial charge is 0.382 e. The number of pyridine rings is 2. The van der Waals surface area contributed by atoms with Crippen molar-refractivity contribution in [2.24, 2.45) is 5.41 Å². The lowest BCUT2D eigenvalue weighted by Gasteiger charge is -2.28. The molecule has 9 nitrogen and oxygen atoms in total. The van der Waals surface area contributed by atoms with Crippen LogP contribution in [0.15, 0.2) is 59.8 Å². The van der Waals surface area contributed by atoms with Crippen molar-refractivity contribution in [1.29, 1.82) is 5.26 Å². The van der Waals surface area contributed by atoms with Gasteiger partial charge in [-0.15, -0.1) is 5.10 Å². The van der Waals surface area contributed by atoms with Gasteiger partial charge in [0.15, 0.2) is 0 Å². The summed E-state index contributed by atoms with van der Waals surface area (Å²) in [5, 5.41) is 25.5. The highest BCUT2D eigenvalue weighted by Gasteiger charge is 2.54. The molecule has 1 atom stereocenters. The Morgan fingerprint density at radius 2 is 1.91 bits per heavy atom. The number of halogens is 6. The van der Waals surface area contributed by atoms with Crippen molar-refractivity contribution >= 4 is 44.7 Å². The third-order valence-corrected chi connectivity index (χ3v) is 8.71. The van der Waals surface area contributed by atoms with E-state index >= 15 is 0 Å². The van der Waals surface area contributed by atoms with Gasteiger partial charge in [0.2, 0.25) is 0 Å². The number of nitrogens with zero attached hydrogens (tertiary/aromatic N) is 5. The Balaban J connectivity index is 1.48. The van der Waals surface area contributed by atoms with E-state index in [-0.39, 0.29) is 51.3 Å². The van der Waals surface area contributed by atoms with Gasteiger partial charge in [-0.2, -0.15) is 18.4 Å². The predicted molar refractivity (Wildman–Crippen MR) is 163 cm³/mol. The monoisotopic (exact) mass is 656 g/mol. The molecule has 0 bridgehead atoms. The van der Waals surface area contributed by atoms with Gasteiger partial charge in [-0.3, -0.25) is 9.78 Å². The molecule has 0 aliphatic heterocycles. The van der Waals surface area contributed by atoms with Gasteiger partial charge in [0.05, 0.1) is 39.4 Å². The molecule has 1 unspecified atom stereocenters. The molecule has 238 valence electrons. The molecule has 3 heterocycles. The third kappa shape index (κ3) is 5.38. The van der Waals surface area contributed by atoms with Gasteiger partial charge >= 0.3 is 6.18 Å². The molecule has 3 aromatic heterocycles. The summed E-state index contributed by atoms with van der Waals surface area (Å²) in [6, 6.07) is 11.0. The second kappa shape index (κ2) is 11.2. The zero-order valence-corrected chi connectivity index (χ0v) is 25.1. The van der Waals surface area contributed by atoms with Crippen LogP contribution in [0, 0.1) is 16.7 Å². The van der Waals surface area contributed by atoms with Crippen LogP contribution in [-0.4, -0.2) is 44.1 Å². The third-order valence-electron chi connectivity index (χ3n) is 8.42. The van der Waals surface area contributed by atoms with Crippen LogP contribution in [0.5, 0.6) is 0 Å². The zero-order chi connectivity index (χ0) is 33.0. The number of nitriles is 1. The minimum absolute atomic E-state index is 0.00759. The second-order valence-corrected chi connectivity index (χ2v) is 12.3. The molecular formula is C31H26ClF5N8O. The van der Waals surface area contributed by atoms with Gasteiger partial charge < -0.3 is 15.6 Å². The number of fused-ring (bicyclic) bond motifs is 2. The van der Waals surface area contributed by atoms with Crippen LogP contribution in [0.1, 0.15) is 49.6 Å². The van der Waals surface area contributed by atoms with E-state index in [1.807, 2.05) is 6.07 Å². The lowest BCUT2D eigenvalue weighted by Crippen LogP contribution is -2.38. The highest BCUT2D eigenvalue weighted by Crippen LogP contribution is 2.48. The molecule has 6 rings (SSSR count). The van der Waals surface area contributed by atoms with Gasteiger partial charge in [-0.25, -0.2) is 13.5 Å². The number of aromatic nitrogens is 5. The largest absolute Gasteiger partial charge is 0.395 e. The van der Waals surface area contributed by atoms with Crippen LogP contribution in [0.25, 0.3) is 21.7 Å². The highest BCUT2D eigenvalue weighted by molar-refractivity contribution is 6.35. The lowest BCUT2D eigenvalue weighted by molar-refractivity contribution is -0.206. The van der Waals surface area contributed by atoms with E-state index in [1.54, 1.807) is 36.4 Å². The van der Waals surface area contributed by atoms with Crippen molar-refractivity contribution in [3.63, 3.8) is 0 Å². The number of alkyl halides is 5. The van der Waals surface area contributed by atoms with Gasteiger partial charge in [-0.1, -0.05) is 28.9 Å². The van der Waals surface area contributed by atoms with E-state index < -0.39 is 36.1 Å². The lowest BCUT2D eigenvalue weighted by atomic mass is 9.92. The van der Waals surface area contributed by atoms with Crippen molar-refractivity contribution in [2.75, 3.05) is 17.2 Å². The average molecular weight is 657 g/mol. The van der Waals surface area contributed by atoms with Crippen molar-refractivity contribution in [2.45, 2.75) is 50.9 Å². The van der Waals surface area contributed by atoms with Crippen LogP contribution in [-0.2, 0) is 5.54 Å². The Bertz CT molecular complexity index is 2060. The van der Waals surface area contributed by atoms with Crippen LogP contribution in [0.4, 0.5) is 33.3 Å². The number of anilines is 2. The number of hydrogen-bond donors (Lipinski definition) is 3. The van der Waals surface area contributed by atoms with Crippen molar-refractivity contribution in [3.8, 4) is 6.07 Å². The summed E-state index contributed by atoms with van der Waals surface area (Å²) in [5.74, 6) is 0. The van der Waals surface area contributed by atoms with E-state index in [9.17, 15) is 32.0 Å². The minimum atomic E-state index is -4.52. The number of H-pyrrole nitrogens is 1. The molecule has 2 aromatic carbocycles. The Hall–Kier alpha value is -4.77. The zero-order valence-electron chi connectivity index (χ0n) is 24.4. The number of benzene rings is 2. The fraction of sp³-hybridized carbons (Fsp3) is 0.323.